The van der Waals surface area contributed by atoms with E-state index in [9.17, 15) is 27.9 Å². The number of benzene rings is 2. The van der Waals surface area contributed by atoms with Crippen molar-refractivity contribution >= 4 is 34.4 Å². The largest absolute Gasteiger partial charge is 0.507 e. The van der Waals surface area contributed by atoms with Crippen LogP contribution in [-0.2, 0) is 17.4 Å². The predicted octanol–water partition coefficient (Wildman–Crippen LogP) is 4.64. The molecule has 0 bridgehead atoms. The highest BCUT2D eigenvalue weighted by Gasteiger charge is 2.35. The second-order valence-corrected chi connectivity index (χ2v) is 6.60. The number of carboxylic acid groups (broad SMARTS) is 1. The van der Waals surface area contributed by atoms with Crippen LogP contribution in [0.4, 0.5) is 13.2 Å². The maximum Gasteiger partial charge on any atom is 0.420 e. The first-order chi connectivity index (χ1) is 13.0. The lowest BCUT2D eigenvalue weighted by atomic mass is 10.0. The van der Waals surface area contributed by atoms with Gasteiger partial charge in [-0.3, -0.25) is 14.2 Å². The second kappa shape index (κ2) is 6.87. The average Bonchev–Trinajstić information content (AvgIpc) is 2.84. The third-order valence-electron chi connectivity index (χ3n) is 4.38. The standard InChI is InChI=1S/C19H13ClF3NO4/c1-9-12(7-17(26)27)13-6-16(25)14(19(21,22)23)8-15(13)24(9)18(28)10-2-4-11(20)5-3-10/h2-6,8,25H,7H2,1H3,(H,26,27). The number of fused-ring (bicyclic) bond motifs is 1. The number of aliphatic carboxylic acids is 1. The zero-order valence-electron chi connectivity index (χ0n) is 14.3. The molecule has 0 saturated heterocycles. The lowest BCUT2D eigenvalue weighted by Crippen LogP contribution is -2.14. The molecular formula is C19H13ClF3NO4. The van der Waals surface area contributed by atoms with Gasteiger partial charge in [0.25, 0.3) is 5.91 Å². The molecule has 9 heteroatoms. The Kier molecular flexibility index (Phi) is 4.84. The van der Waals surface area contributed by atoms with E-state index < -0.39 is 35.8 Å². The van der Waals surface area contributed by atoms with E-state index in [1.165, 1.54) is 31.2 Å². The number of rotatable bonds is 3. The SMILES string of the molecule is Cc1c(CC(=O)O)c2cc(O)c(C(F)(F)F)cc2n1C(=O)c1ccc(Cl)cc1. The first-order valence-electron chi connectivity index (χ1n) is 7.97. The van der Waals surface area contributed by atoms with Crippen molar-refractivity contribution in [2.45, 2.75) is 19.5 Å². The van der Waals surface area contributed by atoms with Crippen LogP contribution in [0.5, 0.6) is 5.75 Å². The summed E-state index contributed by atoms with van der Waals surface area (Å²) in [4.78, 5) is 24.2. The summed E-state index contributed by atoms with van der Waals surface area (Å²) in [5.74, 6) is -2.90. The topological polar surface area (TPSA) is 79.5 Å². The highest BCUT2D eigenvalue weighted by molar-refractivity contribution is 6.30. The van der Waals surface area contributed by atoms with Gasteiger partial charge in [-0.2, -0.15) is 13.2 Å². The van der Waals surface area contributed by atoms with Gasteiger partial charge in [0.05, 0.1) is 17.5 Å². The molecule has 0 aliphatic rings. The van der Waals surface area contributed by atoms with Crippen LogP contribution < -0.4 is 0 Å². The van der Waals surface area contributed by atoms with Crippen molar-refractivity contribution in [3.63, 3.8) is 0 Å². The van der Waals surface area contributed by atoms with E-state index >= 15 is 0 Å². The Hall–Kier alpha value is -3.00. The Bertz CT molecular complexity index is 1100. The summed E-state index contributed by atoms with van der Waals surface area (Å²) >= 11 is 5.80. The van der Waals surface area contributed by atoms with Crippen molar-refractivity contribution in [2.75, 3.05) is 0 Å². The van der Waals surface area contributed by atoms with Crippen molar-refractivity contribution in [3.8, 4) is 5.75 Å². The van der Waals surface area contributed by atoms with Crippen LogP contribution in [0.3, 0.4) is 0 Å². The quantitative estimate of drug-likeness (QED) is 0.658. The van der Waals surface area contributed by atoms with Crippen molar-refractivity contribution < 1.29 is 33.0 Å². The highest BCUT2D eigenvalue weighted by atomic mass is 35.5. The van der Waals surface area contributed by atoms with E-state index in [2.05, 4.69) is 0 Å². The summed E-state index contributed by atoms with van der Waals surface area (Å²) in [6, 6.07) is 7.24. The molecular weight excluding hydrogens is 399 g/mol. The number of halogens is 4. The zero-order valence-corrected chi connectivity index (χ0v) is 15.1. The molecule has 0 amide bonds. The van der Waals surface area contributed by atoms with Crippen molar-refractivity contribution in [1.29, 1.82) is 0 Å². The van der Waals surface area contributed by atoms with E-state index in [1.54, 1.807) is 0 Å². The van der Waals surface area contributed by atoms with Gasteiger partial charge in [0.1, 0.15) is 5.75 Å². The minimum atomic E-state index is -4.85. The first-order valence-corrected chi connectivity index (χ1v) is 8.34. The van der Waals surface area contributed by atoms with Gasteiger partial charge in [-0.15, -0.1) is 0 Å². The molecule has 3 aromatic rings. The Labute approximate surface area is 161 Å². The van der Waals surface area contributed by atoms with Gasteiger partial charge >= 0.3 is 12.1 Å². The van der Waals surface area contributed by atoms with Crippen molar-refractivity contribution in [2.24, 2.45) is 0 Å². The third kappa shape index (κ3) is 3.43. The molecule has 0 radical (unpaired) electrons. The molecule has 2 aromatic carbocycles. The molecule has 146 valence electrons. The zero-order chi connectivity index (χ0) is 20.8. The lowest BCUT2D eigenvalue weighted by Gasteiger charge is -2.11. The molecule has 0 saturated carbocycles. The van der Waals surface area contributed by atoms with Crippen molar-refractivity contribution in [1.82, 2.24) is 4.57 Å². The van der Waals surface area contributed by atoms with Gasteiger partial charge < -0.3 is 10.2 Å². The molecule has 3 rings (SSSR count). The number of aromatic hydroxyl groups is 1. The van der Waals surface area contributed by atoms with Gasteiger partial charge in [-0.05, 0) is 48.9 Å². The Morgan fingerprint density at radius 1 is 1.14 bits per heavy atom. The second-order valence-electron chi connectivity index (χ2n) is 6.17. The minimum absolute atomic E-state index is 0.0627. The van der Waals surface area contributed by atoms with E-state index in [0.717, 1.165) is 10.6 Å². The summed E-state index contributed by atoms with van der Waals surface area (Å²) in [6.45, 7) is 1.44. The Morgan fingerprint density at radius 3 is 2.29 bits per heavy atom. The minimum Gasteiger partial charge on any atom is -0.507 e. The number of hydrogen-bond donors (Lipinski definition) is 2. The van der Waals surface area contributed by atoms with Crippen LogP contribution in [0.1, 0.15) is 27.2 Å². The van der Waals surface area contributed by atoms with Crippen LogP contribution in [-0.4, -0.2) is 26.7 Å². The van der Waals surface area contributed by atoms with Crippen LogP contribution in [0.2, 0.25) is 5.02 Å². The van der Waals surface area contributed by atoms with Crippen LogP contribution in [0.25, 0.3) is 10.9 Å². The number of phenols is 1. The molecule has 0 atom stereocenters. The van der Waals surface area contributed by atoms with E-state index in [1.807, 2.05) is 0 Å². The van der Waals surface area contributed by atoms with E-state index in [4.69, 9.17) is 16.7 Å². The maximum absolute atomic E-state index is 13.2. The Balaban J connectivity index is 2.33. The monoisotopic (exact) mass is 411 g/mol. The van der Waals surface area contributed by atoms with Crippen LogP contribution in [0, 0.1) is 6.92 Å². The van der Waals surface area contributed by atoms with E-state index in [0.29, 0.717) is 11.1 Å². The summed E-state index contributed by atoms with van der Waals surface area (Å²) < 4.78 is 40.7. The van der Waals surface area contributed by atoms with Gasteiger partial charge in [-0.1, -0.05) is 11.6 Å². The normalized spacial score (nSPS) is 11.8. The van der Waals surface area contributed by atoms with Crippen LogP contribution >= 0.6 is 11.6 Å². The summed E-state index contributed by atoms with van der Waals surface area (Å²) in [6.07, 6.45) is -5.37. The number of carboxylic acids is 1. The maximum atomic E-state index is 13.2. The summed E-state index contributed by atoms with van der Waals surface area (Å²) in [5.41, 5.74) is -0.971. The highest BCUT2D eigenvalue weighted by Crippen LogP contribution is 2.40. The number of alkyl halides is 3. The van der Waals surface area contributed by atoms with Gasteiger partial charge in [0, 0.05) is 21.7 Å². The molecule has 28 heavy (non-hydrogen) atoms. The van der Waals surface area contributed by atoms with Gasteiger partial charge in [0.2, 0.25) is 0 Å². The van der Waals surface area contributed by atoms with E-state index in [-0.39, 0.29) is 27.7 Å². The lowest BCUT2D eigenvalue weighted by molar-refractivity contribution is -0.139. The molecule has 1 aromatic heterocycles. The fourth-order valence-corrected chi connectivity index (χ4v) is 3.22. The number of hydrogen-bond acceptors (Lipinski definition) is 3. The smallest absolute Gasteiger partial charge is 0.420 e. The predicted molar refractivity (Wildman–Crippen MR) is 95.9 cm³/mol. The van der Waals surface area contributed by atoms with Gasteiger partial charge in [-0.25, -0.2) is 0 Å². The number of aromatic nitrogens is 1. The molecule has 0 unspecified atom stereocenters. The number of nitrogens with zero attached hydrogens (tertiary/aromatic N) is 1. The molecule has 0 fully saturated rings. The van der Waals surface area contributed by atoms with Gasteiger partial charge in [0.15, 0.2) is 0 Å². The molecule has 0 aliphatic heterocycles. The molecule has 0 aliphatic carbocycles. The number of carbonyl (C=O) groups is 2. The molecule has 2 N–H and O–H groups in total. The fourth-order valence-electron chi connectivity index (χ4n) is 3.10. The number of phenolic OH excluding ortho intramolecular Hbond substituents is 1. The molecule has 1 heterocycles. The first kappa shape index (κ1) is 19.8. The summed E-state index contributed by atoms with van der Waals surface area (Å²) in [5, 5.41) is 19.4. The van der Waals surface area contributed by atoms with Crippen molar-refractivity contribution in [3.05, 3.63) is 63.8 Å². The summed E-state index contributed by atoms with van der Waals surface area (Å²) in [7, 11) is 0. The Morgan fingerprint density at radius 2 is 1.75 bits per heavy atom. The number of carbonyl (C=O) groups excluding carboxylic acids is 1. The third-order valence-corrected chi connectivity index (χ3v) is 4.63. The van der Waals surface area contributed by atoms with Crippen LogP contribution in [0.15, 0.2) is 36.4 Å². The molecule has 5 nitrogen and oxygen atoms in total. The molecule has 0 spiro atoms. The fraction of sp³-hybridized carbons (Fsp3) is 0.158. The average molecular weight is 412 g/mol.